The second-order valence-corrected chi connectivity index (χ2v) is 9.49. The lowest BCUT2D eigenvalue weighted by atomic mass is 9.96. The number of nitrogens with zero attached hydrogens (tertiary/aromatic N) is 2. The van der Waals surface area contributed by atoms with Gasteiger partial charge in [-0.3, -0.25) is 0 Å². The van der Waals surface area contributed by atoms with E-state index in [9.17, 15) is 12.8 Å². The van der Waals surface area contributed by atoms with Gasteiger partial charge in [0.1, 0.15) is 22.2 Å². The first-order valence-corrected chi connectivity index (χ1v) is 11.5. The van der Waals surface area contributed by atoms with Crippen LogP contribution in [0.25, 0.3) is 33.6 Å². The van der Waals surface area contributed by atoms with Gasteiger partial charge in [0.2, 0.25) is 0 Å². The monoisotopic (exact) mass is 428 g/mol. The highest BCUT2D eigenvalue weighted by molar-refractivity contribution is 7.90. The number of aromatic nitrogens is 2. The fourth-order valence-electron chi connectivity index (χ4n) is 3.31. The van der Waals surface area contributed by atoms with E-state index < -0.39 is 15.7 Å². The molecular weight excluding hydrogens is 411 g/mol. The molecule has 2 aromatic heterocycles. The van der Waals surface area contributed by atoms with E-state index in [1.54, 1.807) is 18.5 Å². The van der Waals surface area contributed by atoms with Crippen LogP contribution in [0, 0.1) is 19.7 Å². The summed E-state index contributed by atoms with van der Waals surface area (Å²) in [6.45, 7) is 3.73. The maximum atomic E-state index is 14.4. The zero-order chi connectivity index (χ0) is 20.8. The van der Waals surface area contributed by atoms with Crippen LogP contribution < -0.4 is 0 Å². The summed E-state index contributed by atoms with van der Waals surface area (Å²) in [5.41, 5.74) is 7.28. The fraction of sp³-hybridized carbons (Fsp3) is 0.143. The van der Waals surface area contributed by atoms with Gasteiger partial charge in [-0.2, -0.15) is 0 Å². The van der Waals surface area contributed by atoms with Crippen LogP contribution in [-0.2, 0) is 9.84 Å². The molecule has 0 amide bonds. The quantitative estimate of drug-likeness (QED) is 0.441. The van der Waals surface area contributed by atoms with E-state index >= 15 is 0 Å². The standard InChI is InChI=1S/C21H17FN2O3S2/c1-12-8-15(4-6-16(12)18-10-28-11-23-18)21-20(13(2)27-24-21)14-5-7-19(17(22)9-14)29(3,25)26/h4-11H,1-3H3. The molecule has 4 aromatic rings. The highest BCUT2D eigenvalue weighted by atomic mass is 32.2. The molecule has 0 aliphatic rings. The van der Waals surface area contributed by atoms with E-state index in [-0.39, 0.29) is 4.90 Å². The van der Waals surface area contributed by atoms with Gasteiger partial charge in [-0.15, -0.1) is 11.3 Å². The lowest BCUT2D eigenvalue weighted by molar-refractivity contribution is 0.400. The first kappa shape index (κ1) is 19.5. The van der Waals surface area contributed by atoms with E-state index in [2.05, 4.69) is 10.1 Å². The number of thiazole rings is 1. The minimum Gasteiger partial charge on any atom is -0.360 e. The lowest BCUT2D eigenvalue weighted by Gasteiger charge is -2.08. The largest absolute Gasteiger partial charge is 0.360 e. The Morgan fingerprint density at radius 1 is 1.07 bits per heavy atom. The molecule has 0 fully saturated rings. The topological polar surface area (TPSA) is 73.1 Å². The molecular formula is C21H17FN2O3S2. The molecule has 4 rings (SSSR count). The van der Waals surface area contributed by atoms with Gasteiger partial charge < -0.3 is 4.52 Å². The third-order valence-electron chi connectivity index (χ3n) is 4.69. The molecule has 0 spiro atoms. The van der Waals surface area contributed by atoms with Crippen molar-refractivity contribution in [1.29, 1.82) is 0 Å². The maximum Gasteiger partial charge on any atom is 0.178 e. The zero-order valence-electron chi connectivity index (χ0n) is 15.9. The van der Waals surface area contributed by atoms with Gasteiger partial charge in [0, 0.05) is 22.8 Å². The van der Waals surface area contributed by atoms with Gasteiger partial charge in [0.05, 0.1) is 16.8 Å². The number of hydrogen-bond donors (Lipinski definition) is 0. The van der Waals surface area contributed by atoms with E-state index in [0.717, 1.165) is 28.6 Å². The van der Waals surface area contributed by atoms with Crippen molar-refractivity contribution in [2.75, 3.05) is 6.26 Å². The molecule has 0 aliphatic heterocycles. The Bertz CT molecular complexity index is 1310. The van der Waals surface area contributed by atoms with E-state index in [1.165, 1.54) is 23.5 Å². The van der Waals surface area contributed by atoms with Crippen molar-refractivity contribution in [3.63, 3.8) is 0 Å². The van der Waals surface area contributed by atoms with Crippen LogP contribution in [0.4, 0.5) is 4.39 Å². The number of hydrogen-bond acceptors (Lipinski definition) is 6. The van der Waals surface area contributed by atoms with Crippen molar-refractivity contribution >= 4 is 21.2 Å². The van der Waals surface area contributed by atoms with Crippen molar-refractivity contribution in [3.8, 4) is 33.6 Å². The molecule has 0 saturated carbocycles. The predicted octanol–water partition coefficient (Wildman–Crippen LogP) is 5.29. The Labute approximate surface area is 171 Å². The number of aryl methyl sites for hydroxylation is 2. The number of sulfone groups is 1. The molecule has 0 aliphatic carbocycles. The fourth-order valence-corrected chi connectivity index (χ4v) is 4.59. The molecule has 0 saturated heterocycles. The van der Waals surface area contributed by atoms with Crippen LogP contribution in [0.3, 0.4) is 0 Å². The van der Waals surface area contributed by atoms with Crippen molar-refractivity contribution in [2.24, 2.45) is 0 Å². The average Bonchev–Trinajstić information content (AvgIpc) is 3.30. The molecule has 29 heavy (non-hydrogen) atoms. The normalized spacial score (nSPS) is 11.7. The molecule has 5 nitrogen and oxygen atoms in total. The van der Waals surface area contributed by atoms with Crippen molar-refractivity contribution < 1.29 is 17.3 Å². The van der Waals surface area contributed by atoms with Crippen LogP contribution in [0.15, 0.2) is 56.7 Å². The predicted molar refractivity (Wildman–Crippen MR) is 111 cm³/mol. The second-order valence-electron chi connectivity index (χ2n) is 6.78. The SMILES string of the molecule is Cc1cc(-c2noc(C)c2-c2ccc(S(C)(=O)=O)c(F)c2)ccc1-c1cscn1. The smallest absolute Gasteiger partial charge is 0.178 e. The van der Waals surface area contributed by atoms with Crippen molar-refractivity contribution in [3.05, 3.63) is 64.4 Å². The molecule has 0 atom stereocenters. The van der Waals surface area contributed by atoms with Gasteiger partial charge in [0.25, 0.3) is 0 Å². The molecule has 0 N–H and O–H groups in total. The zero-order valence-corrected chi connectivity index (χ0v) is 17.6. The Balaban J connectivity index is 1.81. The third kappa shape index (κ3) is 3.61. The summed E-state index contributed by atoms with van der Waals surface area (Å²) in [5.74, 6) is -0.278. The van der Waals surface area contributed by atoms with Gasteiger partial charge in [-0.05, 0) is 43.2 Å². The van der Waals surface area contributed by atoms with Crippen LogP contribution >= 0.6 is 11.3 Å². The van der Waals surface area contributed by atoms with Crippen LogP contribution in [-0.4, -0.2) is 24.8 Å². The van der Waals surface area contributed by atoms with E-state index in [4.69, 9.17) is 4.52 Å². The maximum absolute atomic E-state index is 14.4. The molecule has 8 heteroatoms. The lowest BCUT2D eigenvalue weighted by Crippen LogP contribution is -2.00. The molecule has 148 valence electrons. The highest BCUT2D eigenvalue weighted by Gasteiger charge is 2.21. The van der Waals surface area contributed by atoms with Crippen LogP contribution in [0.2, 0.25) is 0 Å². The van der Waals surface area contributed by atoms with Crippen molar-refractivity contribution in [1.82, 2.24) is 10.1 Å². The summed E-state index contributed by atoms with van der Waals surface area (Å²) >= 11 is 1.53. The minimum atomic E-state index is -3.64. The summed E-state index contributed by atoms with van der Waals surface area (Å²) in [6.07, 6.45) is 0.980. The van der Waals surface area contributed by atoms with Crippen LogP contribution in [0.1, 0.15) is 11.3 Å². The molecule has 0 unspecified atom stereocenters. The Morgan fingerprint density at radius 3 is 2.45 bits per heavy atom. The molecule has 0 radical (unpaired) electrons. The first-order valence-electron chi connectivity index (χ1n) is 8.71. The van der Waals surface area contributed by atoms with Gasteiger partial charge in [-0.25, -0.2) is 17.8 Å². The average molecular weight is 429 g/mol. The summed E-state index contributed by atoms with van der Waals surface area (Å²) < 4.78 is 43.2. The van der Waals surface area contributed by atoms with Gasteiger partial charge in [0.15, 0.2) is 9.84 Å². The third-order valence-corrected chi connectivity index (χ3v) is 6.41. The Hall–Kier alpha value is -2.84. The number of benzene rings is 2. The Kier molecular flexibility index (Phi) is 4.84. The summed E-state index contributed by atoms with van der Waals surface area (Å²) in [4.78, 5) is 4.02. The second kappa shape index (κ2) is 7.20. The van der Waals surface area contributed by atoms with Crippen LogP contribution in [0.5, 0.6) is 0 Å². The molecule has 2 heterocycles. The van der Waals surface area contributed by atoms with Gasteiger partial charge >= 0.3 is 0 Å². The van der Waals surface area contributed by atoms with Crippen molar-refractivity contribution in [2.45, 2.75) is 18.7 Å². The minimum absolute atomic E-state index is 0.333. The highest BCUT2D eigenvalue weighted by Crippen LogP contribution is 2.37. The van der Waals surface area contributed by atoms with E-state index in [0.29, 0.717) is 22.6 Å². The van der Waals surface area contributed by atoms with Gasteiger partial charge in [-0.1, -0.05) is 23.4 Å². The summed E-state index contributed by atoms with van der Waals surface area (Å²) in [5, 5.41) is 6.15. The van der Waals surface area contributed by atoms with E-state index in [1.807, 2.05) is 30.5 Å². The number of rotatable bonds is 4. The Morgan fingerprint density at radius 2 is 1.83 bits per heavy atom. The molecule has 2 aromatic carbocycles. The number of halogens is 1. The summed E-state index contributed by atoms with van der Waals surface area (Å²) in [6, 6.07) is 9.92. The molecule has 0 bridgehead atoms. The summed E-state index contributed by atoms with van der Waals surface area (Å²) in [7, 11) is -3.64. The first-order chi connectivity index (χ1) is 13.8.